The highest BCUT2D eigenvalue weighted by Gasteiger charge is 2.15. The van der Waals surface area contributed by atoms with Crippen molar-refractivity contribution < 1.29 is 9.90 Å². The molecule has 1 heterocycles. The summed E-state index contributed by atoms with van der Waals surface area (Å²) in [5.41, 5.74) is 2.96. The molecule has 0 spiro atoms. The van der Waals surface area contributed by atoms with Crippen LogP contribution in [-0.2, 0) is 11.3 Å². The lowest BCUT2D eigenvalue weighted by atomic mass is 10.1. The Bertz CT molecular complexity index is 570. The maximum Gasteiger partial charge on any atom is 0.307 e. The largest absolute Gasteiger partial charge is 0.481 e. The number of fused-ring (bicyclic) bond motifs is 1. The molecule has 1 unspecified atom stereocenters. The van der Waals surface area contributed by atoms with Crippen molar-refractivity contribution in [2.45, 2.75) is 20.4 Å². The molecule has 6 heteroatoms. The van der Waals surface area contributed by atoms with Crippen molar-refractivity contribution in [3.63, 3.8) is 0 Å². The Kier molecular flexibility index (Phi) is 4.44. The van der Waals surface area contributed by atoms with Gasteiger partial charge < -0.3 is 5.11 Å². The van der Waals surface area contributed by atoms with Gasteiger partial charge in [0.2, 0.25) is 0 Å². The highest BCUT2D eigenvalue weighted by molar-refractivity contribution is 7.00. The minimum Gasteiger partial charge on any atom is -0.481 e. The molecule has 0 radical (unpaired) electrons. The number of aliphatic carboxylic acids is 1. The fraction of sp³-hybridized carbons (Fsp3) is 0.462. The lowest BCUT2D eigenvalue weighted by Crippen LogP contribution is -2.31. The molecule has 19 heavy (non-hydrogen) atoms. The Morgan fingerprint density at radius 3 is 2.84 bits per heavy atom. The van der Waals surface area contributed by atoms with Crippen molar-refractivity contribution in [2.75, 3.05) is 13.1 Å². The van der Waals surface area contributed by atoms with Crippen molar-refractivity contribution in [2.24, 2.45) is 5.92 Å². The first-order chi connectivity index (χ1) is 9.10. The molecule has 0 fully saturated rings. The molecule has 0 aliphatic rings. The predicted molar refractivity (Wildman–Crippen MR) is 75.2 cm³/mol. The lowest BCUT2D eigenvalue weighted by Gasteiger charge is -2.22. The summed E-state index contributed by atoms with van der Waals surface area (Å²) in [6.07, 6.45) is 0. The Balaban J connectivity index is 2.06. The topological polar surface area (TPSA) is 66.3 Å². The number of benzene rings is 1. The summed E-state index contributed by atoms with van der Waals surface area (Å²) in [5, 5.41) is 8.96. The van der Waals surface area contributed by atoms with Crippen molar-refractivity contribution in [3.8, 4) is 0 Å². The van der Waals surface area contributed by atoms with Crippen LogP contribution in [0.4, 0.5) is 0 Å². The van der Waals surface area contributed by atoms with Crippen molar-refractivity contribution in [3.05, 3.63) is 23.8 Å². The SMILES string of the molecule is CCN(Cc1ccc2nsnc2c1)CC(C)C(=O)O. The van der Waals surface area contributed by atoms with Gasteiger partial charge in [0.1, 0.15) is 11.0 Å². The Morgan fingerprint density at radius 2 is 2.16 bits per heavy atom. The highest BCUT2D eigenvalue weighted by atomic mass is 32.1. The van der Waals surface area contributed by atoms with E-state index in [1.165, 1.54) is 11.7 Å². The van der Waals surface area contributed by atoms with Gasteiger partial charge in [-0.1, -0.05) is 19.9 Å². The van der Waals surface area contributed by atoms with Crippen LogP contribution >= 0.6 is 11.7 Å². The zero-order valence-corrected chi connectivity index (χ0v) is 11.9. The molecule has 2 rings (SSSR count). The molecule has 0 saturated heterocycles. The number of carboxylic acids is 1. The van der Waals surface area contributed by atoms with Crippen LogP contribution < -0.4 is 0 Å². The smallest absolute Gasteiger partial charge is 0.307 e. The highest BCUT2D eigenvalue weighted by Crippen LogP contribution is 2.15. The van der Waals surface area contributed by atoms with Crippen LogP contribution in [-0.4, -0.2) is 37.8 Å². The summed E-state index contributed by atoms with van der Waals surface area (Å²) in [5.74, 6) is -1.11. The summed E-state index contributed by atoms with van der Waals surface area (Å²) < 4.78 is 8.39. The van der Waals surface area contributed by atoms with Gasteiger partial charge in [0, 0.05) is 13.1 Å². The lowest BCUT2D eigenvalue weighted by molar-refractivity contribution is -0.141. The summed E-state index contributed by atoms with van der Waals surface area (Å²) in [4.78, 5) is 13.0. The van der Waals surface area contributed by atoms with Crippen molar-refractivity contribution in [1.82, 2.24) is 13.6 Å². The molecular formula is C13H17N3O2S. The van der Waals surface area contributed by atoms with Crippen molar-refractivity contribution >= 4 is 28.7 Å². The second-order valence-corrected chi connectivity index (χ2v) is 5.18. The normalized spacial score (nSPS) is 13.0. The fourth-order valence-electron chi connectivity index (χ4n) is 1.96. The van der Waals surface area contributed by atoms with Crippen molar-refractivity contribution in [1.29, 1.82) is 0 Å². The molecule has 102 valence electrons. The molecule has 0 aliphatic carbocycles. The van der Waals surface area contributed by atoms with Gasteiger partial charge >= 0.3 is 5.97 Å². The number of hydrogen-bond donors (Lipinski definition) is 1. The molecule has 0 saturated carbocycles. The van der Waals surface area contributed by atoms with Crippen LogP contribution in [0.5, 0.6) is 0 Å². The molecule has 1 atom stereocenters. The minimum absolute atomic E-state index is 0.357. The van der Waals surface area contributed by atoms with E-state index in [1.54, 1.807) is 6.92 Å². The quantitative estimate of drug-likeness (QED) is 0.878. The van der Waals surface area contributed by atoms with Gasteiger partial charge in [-0.25, -0.2) is 0 Å². The first kappa shape index (κ1) is 13.9. The molecule has 0 aliphatic heterocycles. The predicted octanol–water partition coefficient (Wildman–Crippen LogP) is 2.23. The van der Waals surface area contributed by atoms with Crippen LogP contribution in [0.15, 0.2) is 18.2 Å². The fourth-order valence-corrected chi connectivity index (χ4v) is 2.47. The molecule has 0 amide bonds. The minimum atomic E-state index is -0.752. The number of carboxylic acid groups (broad SMARTS) is 1. The average molecular weight is 279 g/mol. The zero-order valence-electron chi connectivity index (χ0n) is 11.0. The first-order valence-corrected chi connectivity index (χ1v) is 6.99. The molecule has 1 N–H and O–H groups in total. The Morgan fingerprint density at radius 1 is 1.42 bits per heavy atom. The number of nitrogens with zero attached hydrogens (tertiary/aromatic N) is 3. The van der Waals surface area contributed by atoms with Gasteiger partial charge in [0.25, 0.3) is 0 Å². The van der Waals surface area contributed by atoms with E-state index in [1.807, 2.05) is 25.1 Å². The second-order valence-electron chi connectivity index (χ2n) is 4.65. The number of hydrogen-bond acceptors (Lipinski definition) is 5. The van der Waals surface area contributed by atoms with Gasteiger partial charge in [-0.2, -0.15) is 8.75 Å². The second kappa shape index (κ2) is 6.08. The number of carbonyl (C=O) groups is 1. The van der Waals surface area contributed by atoms with Crippen LogP contribution in [0.2, 0.25) is 0 Å². The summed E-state index contributed by atoms with van der Waals surface area (Å²) in [7, 11) is 0. The van der Waals surface area contributed by atoms with E-state index in [0.29, 0.717) is 6.54 Å². The van der Waals surface area contributed by atoms with Gasteiger partial charge in [0.05, 0.1) is 17.6 Å². The molecule has 1 aromatic heterocycles. The monoisotopic (exact) mass is 279 g/mol. The molecule has 5 nitrogen and oxygen atoms in total. The van der Waals surface area contributed by atoms with Crippen LogP contribution in [0.3, 0.4) is 0 Å². The maximum atomic E-state index is 10.9. The van der Waals surface area contributed by atoms with Crippen LogP contribution in [0, 0.1) is 5.92 Å². The summed E-state index contributed by atoms with van der Waals surface area (Å²) in [6, 6.07) is 6.01. The molecular weight excluding hydrogens is 262 g/mol. The molecule has 1 aromatic carbocycles. The number of rotatable bonds is 6. The van der Waals surface area contributed by atoms with Gasteiger partial charge in [0.15, 0.2) is 0 Å². The Hall–Kier alpha value is -1.53. The summed E-state index contributed by atoms with van der Waals surface area (Å²) in [6.45, 7) is 5.89. The molecule has 2 aromatic rings. The van der Waals surface area contributed by atoms with Gasteiger partial charge in [-0.15, -0.1) is 0 Å². The van der Waals surface area contributed by atoms with E-state index in [0.717, 1.165) is 29.7 Å². The van der Waals surface area contributed by atoms with E-state index >= 15 is 0 Å². The van der Waals surface area contributed by atoms with E-state index < -0.39 is 5.97 Å². The van der Waals surface area contributed by atoms with Gasteiger partial charge in [-0.3, -0.25) is 9.69 Å². The van der Waals surface area contributed by atoms with E-state index in [-0.39, 0.29) is 5.92 Å². The van der Waals surface area contributed by atoms with E-state index in [4.69, 9.17) is 5.11 Å². The summed E-state index contributed by atoms with van der Waals surface area (Å²) >= 11 is 1.21. The third kappa shape index (κ3) is 3.48. The third-order valence-electron chi connectivity index (χ3n) is 3.13. The first-order valence-electron chi connectivity index (χ1n) is 6.26. The van der Waals surface area contributed by atoms with Gasteiger partial charge in [-0.05, 0) is 24.2 Å². The Labute approximate surface area is 116 Å². The number of aromatic nitrogens is 2. The molecule has 0 bridgehead atoms. The average Bonchev–Trinajstić information content (AvgIpc) is 2.85. The van der Waals surface area contributed by atoms with E-state index in [9.17, 15) is 4.79 Å². The van der Waals surface area contributed by atoms with Crippen LogP contribution in [0.1, 0.15) is 19.4 Å². The van der Waals surface area contributed by atoms with E-state index in [2.05, 4.69) is 13.6 Å². The third-order valence-corrected chi connectivity index (χ3v) is 3.68. The van der Waals surface area contributed by atoms with Crippen LogP contribution in [0.25, 0.3) is 11.0 Å². The standard InChI is InChI=1S/C13H17N3O2S/c1-3-16(7-9(2)13(17)18)8-10-4-5-11-12(6-10)15-19-14-11/h4-6,9H,3,7-8H2,1-2H3,(H,17,18). The zero-order chi connectivity index (χ0) is 13.8. The maximum absolute atomic E-state index is 10.9.